The summed E-state index contributed by atoms with van der Waals surface area (Å²) in [6, 6.07) is 11.5. The number of fused-ring (bicyclic) bond motifs is 1. The number of carbonyl (C=O) groups excluding carboxylic acids is 1. The third kappa shape index (κ3) is 3.39. The Morgan fingerprint density at radius 1 is 1.15 bits per heavy atom. The van der Waals surface area contributed by atoms with Crippen LogP contribution >= 0.6 is 0 Å². The molecule has 1 aromatic heterocycles. The number of esters is 1. The molecule has 0 bridgehead atoms. The number of aromatic hydroxyl groups is 1. The molecule has 0 aliphatic carbocycles. The van der Waals surface area contributed by atoms with E-state index in [1.807, 2.05) is 31.1 Å². The summed E-state index contributed by atoms with van der Waals surface area (Å²) in [6.45, 7) is 1.59. The molecule has 1 heterocycles. The molecular weight excluding hydrogens is 334 g/mol. The molecule has 2 aromatic carbocycles. The number of benzene rings is 2. The van der Waals surface area contributed by atoms with E-state index in [2.05, 4.69) is 0 Å². The van der Waals surface area contributed by atoms with E-state index in [-0.39, 0.29) is 12.4 Å². The van der Waals surface area contributed by atoms with Gasteiger partial charge in [-0.15, -0.1) is 0 Å². The average molecular weight is 353 g/mol. The van der Waals surface area contributed by atoms with E-state index in [0.717, 1.165) is 5.69 Å². The second kappa shape index (κ2) is 6.92. The van der Waals surface area contributed by atoms with Crippen LogP contribution in [0.1, 0.15) is 21.5 Å². The van der Waals surface area contributed by atoms with E-state index < -0.39 is 11.6 Å². The van der Waals surface area contributed by atoms with Crippen LogP contribution in [0.15, 0.2) is 51.7 Å². The largest absolute Gasteiger partial charge is 0.508 e. The van der Waals surface area contributed by atoms with E-state index in [1.54, 1.807) is 25.1 Å². The summed E-state index contributed by atoms with van der Waals surface area (Å²) >= 11 is 0. The fourth-order valence-electron chi connectivity index (χ4n) is 2.66. The van der Waals surface area contributed by atoms with Crippen molar-refractivity contribution < 1.29 is 19.1 Å². The number of nitrogens with zero attached hydrogens (tertiary/aromatic N) is 1. The van der Waals surface area contributed by atoms with Crippen molar-refractivity contribution in [3.8, 4) is 5.75 Å². The Morgan fingerprint density at radius 3 is 2.50 bits per heavy atom. The lowest BCUT2D eigenvalue weighted by atomic mass is 10.1. The van der Waals surface area contributed by atoms with Gasteiger partial charge in [-0.2, -0.15) is 0 Å². The Hall–Kier alpha value is -3.28. The summed E-state index contributed by atoms with van der Waals surface area (Å²) in [7, 11) is 3.83. The van der Waals surface area contributed by atoms with Gasteiger partial charge in [0.15, 0.2) is 0 Å². The molecule has 0 saturated heterocycles. The SMILES string of the molecule is Cc1c(O)ccc2c(COC(=O)c3ccc(N(C)C)cc3)cc(=O)oc12. The second-order valence-electron chi connectivity index (χ2n) is 6.19. The van der Waals surface area contributed by atoms with Crippen molar-refractivity contribution in [1.29, 1.82) is 0 Å². The Bertz CT molecular complexity index is 1020. The Morgan fingerprint density at radius 2 is 1.85 bits per heavy atom. The van der Waals surface area contributed by atoms with Crippen LogP contribution in [-0.4, -0.2) is 25.2 Å². The standard InChI is InChI=1S/C20H19NO5/c1-12-17(22)9-8-16-14(10-18(23)26-19(12)16)11-25-20(24)13-4-6-15(7-5-13)21(2)3/h4-10,22H,11H2,1-3H3. The van der Waals surface area contributed by atoms with Crippen molar-refractivity contribution in [2.24, 2.45) is 0 Å². The third-order valence-electron chi connectivity index (χ3n) is 4.20. The van der Waals surface area contributed by atoms with Crippen molar-refractivity contribution in [1.82, 2.24) is 0 Å². The van der Waals surface area contributed by atoms with Crippen molar-refractivity contribution in [3.63, 3.8) is 0 Å². The topological polar surface area (TPSA) is 80.0 Å². The first-order chi connectivity index (χ1) is 12.4. The highest BCUT2D eigenvalue weighted by molar-refractivity contribution is 5.90. The average Bonchev–Trinajstić information content (AvgIpc) is 2.63. The monoisotopic (exact) mass is 353 g/mol. The van der Waals surface area contributed by atoms with Crippen LogP contribution in [0.2, 0.25) is 0 Å². The van der Waals surface area contributed by atoms with Gasteiger partial charge >= 0.3 is 11.6 Å². The van der Waals surface area contributed by atoms with Gasteiger partial charge in [0.05, 0.1) is 5.56 Å². The molecule has 0 spiro atoms. The van der Waals surface area contributed by atoms with Crippen molar-refractivity contribution in [3.05, 3.63) is 69.6 Å². The summed E-state index contributed by atoms with van der Waals surface area (Å²) < 4.78 is 10.5. The van der Waals surface area contributed by atoms with Gasteiger partial charge in [0, 0.05) is 42.4 Å². The number of aryl methyl sites for hydroxylation is 1. The minimum absolute atomic E-state index is 0.0378. The maximum absolute atomic E-state index is 12.3. The van der Waals surface area contributed by atoms with E-state index in [0.29, 0.717) is 27.7 Å². The second-order valence-corrected chi connectivity index (χ2v) is 6.19. The van der Waals surface area contributed by atoms with Crippen molar-refractivity contribution in [2.75, 3.05) is 19.0 Å². The molecule has 0 radical (unpaired) electrons. The van der Waals surface area contributed by atoms with Gasteiger partial charge in [-0.25, -0.2) is 9.59 Å². The molecule has 0 amide bonds. The number of ether oxygens (including phenoxy) is 1. The summed E-state index contributed by atoms with van der Waals surface area (Å²) in [5.74, 6) is -0.442. The summed E-state index contributed by atoms with van der Waals surface area (Å²) in [6.07, 6.45) is 0. The number of carbonyl (C=O) groups is 1. The maximum atomic E-state index is 12.3. The molecule has 0 atom stereocenters. The van der Waals surface area contributed by atoms with E-state index in [9.17, 15) is 14.7 Å². The molecule has 3 aromatic rings. The smallest absolute Gasteiger partial charge is 0.338 e. The van der Waals surface area contributed by atoms with Gasteiger partial charge in [-0.3, -0.25) is 0 Å². The Labute approximate surface area is 150 Å². The molecular formula is C20H19NO5. The Kier molecular flexibility index (Phi) is 4.67. The van der Waals surface area contributed by atoms with Crippen LogP contribution in [0.3, 0.4) is 0 Å². The fraction of sp³-hybridized carbons (Fsp3) is 0.200. The molecule has 0 fully saturated rings. The van der Waals surface area contributed by atoms with Crippen LogP contribution in [0, 0.1) is 6.92 Å². The zero-order valence-electron chi connectivity index (χ0n) is 14.8. The van der Waals surface area contributed by atoms with Gasteiger partial charge in [0.2, 0.25) is 0 Å². The molecule has 0 unspecified atom stereocenters. The van der Waals surface area contributed by atoms with Crippen LogP contribution in [-0.2, 0) is 11.3 Å². The Balaban J connectivity index is 1.84. The quantitative estimate of drug-likeness (QED) is 0.573. The number of anilines is 1. The number of phenolic OH excluding ortho intramolecular Hbond substituents is 1. The highest BCUT2D eigenvalue weighted by Crippen LogP contribution is 2.27. The minimum Gasteiger partial charge on any atom is -0.508 e. The molecule has 6 heteroatoms. The minimum atomic E-state index is -0.562. The predicted molar refractivity (Wildman–Crippen MR) is 98.8 cm³/mol. The molecule has 3 rings (SSSR count). The fourth-order valence-corrected chi connectivity index (χ4v) is 2.66. The molecule has 0 aliphatic rings. The molecule has 6 nitrogen and oxygen atoms in total. The lowest BCUT2D eigenvalue weighted by molar-refractivity contribution is 0.0474. The predicted octanol–water partition coefficient (Wildman–Crippen LogP) is 3.23. The lowest BCUT2D eigenvalue weighted by Gasteiger charge is -2.12. The van der Waals surface area contributed by atoms with E-state index >= 15 is 0 Å². The van der Waals surface area contributed by atoms with Gasteiger partial charge in [-0.1, -0.05) is 0 Å². The van der Waals surface area contributed by atoms with Gasteiger partial charge in [0.1, 0.15) is 17.9 Å². The van der Waals surface area contributed by atoms with E-state index in [1.165, 1.54) is 12.1 Å². The molecule has 26 heavy (non-hydrogen) atoms. The number of phenols is 1. The summed E-state index contributed by atoms with van der Waals surface area (Å²) in [5, 5.41) is 10.4. The van der Waals surface area contributed by atoms with Crippen molar-refractivity contribution in [2.45, 2.75) is 13.5 Å². The van der Waals surface area contributed by atoms with Crippen LogP contribution in [0.5, 0.6) is 5.75 Å². The first kappa shape index (κ1) is 17.5. The molecule has 0 saturated carbocycles. The van der Waals surface area contributed by atoms with Crippen molar-refractivity contribution >= 4 is 22.6 Å². The molecule has 134 valence electrons. The van der Waals surface area contributed by atoms with Gasteiger partial charge < -0.3 is 19.2 Å². The summed E-state index contributed by atoms with van der Waals surface area (Å²) in [5.41, 5.74) is 2.12. The molecule has 0 aliphatic heterocycles. The lowest BCUT2D eigenvalue weighted by Crippen LogP contribution is -2.10. The first-order valence-electron chi connectivity index (χ1n) is 8.06. The summed E-state index contributed by atoms with van der Waals surface area (Å²) in [4.78, 5) is 26.0. The van der Waals surface area contributed by atoms with Gasteiger partial charge in [0.25, 0.3) is 0 Å². The highest BCUT2D eigenvalue weighted by Gasteiger charge is 2.13. The zero-order valence-corrected chi connectivity index (χ0v) is 14.8. The first-order valence-corrected chi connectivity index (χ1v) is 8.06. The number of rotatable bonds is 4. The van der Waals surface area contributed by atoms with Gasteiger partial charge in [-0.05, 0) is 43.3 Å². The van der Waals surface area contributed by atoms with E-state index in [4.69, 9.17) is 9.15 Å². The zero-order chi connectivity index (χ0) is 18.8. The number of hydrogen-bond acceptors (Lipinski definition) is 6. The highest BCUT2D eigenvalue weighted by atomic mass is 16.5. The normalized spacial score (nSPS) is 10.7. The van der Waals surface area contributed by atoms with Crippen LogP contribution < -0.4 is 10.5 Å². The maximum Gasteiger partial charge on any atom is 0.338 e. The number of hydrogen-bond donors (Lipinski definition) is 1. The molecule has 1 N–H and O–H groups in total. The third-order valence-corrected chi connectivity index (χ3v) is 4.20. The van der Waals surface area contributed by atoms with Crippen LogP contribution in [0.4, 0.5) is 5.69 Å². The van der Waals surface area contributed by atoms with Crippen LogP contribution in [0.25, 0.3) is 11.0 Å².